The largest absolute Gasteiger partial charge is 0.447 e. The van der Waals surface area contributed by atoms with E-state index in [1.165, 1.54) is 11.3 Å². The first kappa shape index (κ1) is 8.59. The van der Waals surface area contributed by atoms with Crippen molar-refractivity contribution < 1.29 is 9.53 Å². The molecule has 1 saturated heterocycles. The molecule has 1 aromatic rings. The normalized spacial score (nSPS) is 18.7. The number of nitrogens with one attached hydrogen (secondary N) is 1. The number of hydrogen-bond acceptors (Lipinski definition) is 3. The average Bonchev–Trinajstić information content (AvgIpc) is 2.84. The predicted octanol–water partition coefficient (Wildman–Crippen LogP) is 1.61. The molecule has 0 aromatic heterocycles. The molecule has 0 aliphatic carbocycles. The molecular formula is C11H12N2O2. The average molecular weight is 204 g/mol. The van der Waals surface area contributed by atoms with Gasteiger partial charge in [0.05, 0.1) is 6.54 Å². The van der Waals surface area contributed by atoms with E-state index in [0.717, 1.165) is 18.7 Å². The van der Waals surface area contributed by atoms with Crippen LogP contribution in [0.1, 0.15) is 5.56 Å². The van der Waals surface area contributed by atoms with Gasteiger partial charge in [0.15, 0.2) is 0 Å². The van der Waals surface area contributed by atoms with Crippen molar-refractivity contribution in [1.29, 1.82) is 0 Å². The highest BCUT2D eigenvalue weighted by Gasteiger charge is 2.24. The minimum atomic E-state index is -0.235. The van der Waals surface area contributed by atoms with E-state index in [0.29, 0.717) is 13.2 Å². The van der Waals surface area contributed by atoms with Crippen molar-refractivity contribution in [2.75, 3.05) is 29.9 Å². The lowest BCUT2D eigenvalue weighted by Gasteiger charge is -2.13. The molecule has 15 heavy (non-hydrogen) atoms. The summed E-state index contributed by atoms with van der Waals surface area (Å²) in [4.78, 5) is 13.0. The first-order valence-corrected chi connectivity index (χ1v) is 5.16. The van der Waals surface area contributed by atoms with Gasteiger partial charge in [0.1, 0.15) is 6.61 Å². The molecule has 0 unspecified atom stereocenters. The van der Waals surface area contributed by atoms with E-state index in [-0.39, 0.29) is 6.09 Å². The van der Waals surface area contributed by atoms with E-state index in [1.54, 1.807) is 4.90 Å². The van der Waals surface area contributed by atoms with E-state index in [1.807, 2.05) is 12.1 Å². The lowest BCUT2D eigenvalue weighted by atomic mass is 10.1. The predicted molar refractivity (Wildman–Crippen MR) is 57.3 cm³/mol. The molecule has 1 N–H and O–H groups in total. The van der Waals surface area contributed by atoms with Crippen molar-refractivity contribution in [2.45, 2.75) is 6.42 Å². The Hall–Kier alpha value is -1.71. The molecule has 1 amide bonds. The summed E-state index contributed by atoms with van der Waals surface area (Å²) in [5.41, 5.74) is 3.42. The number of fused-ring (bicyclic) bond motifs is 1. The summed E-state index contributed by atoms with van der Waals surface area (Å²) in [7, 11) is 0. The van der Waals surface area contributed by atoms with E-state index in [2.05, 4.69) is 11.4 Å². The quantitative estimate of drug-likeness (QED) is 0.755. The second kappa shape index (κ2) is 3.15. The van der Waals surface area contributed by atoms with Crippen molar-refractivity contribution in [2.24, 2.45) is 0 Å². The molecule has 0 saturated carbocycles. The molecule has 0 bridgehead atoms. The molecule has 0 spiro atoms. The summed E-state index contributed by atoms with van der Waals surface area (Å²) < 4.78 is 4.91. The van der Waals surface area contributed by atoms with Crippen molar-refractivity contribution in [3.05, 3.63) is 23.8 Å². The van der Waals surface area contributed by atoms with Crippen LogP contribution in [-0.4, -0.2) is 25.8 Å². The minimum absolute atomic E-state index is 0.235. The Morgan fingerprint density at radius 2 is 2.33 bits per heavy atom. The monoisotopic (exact) mass is 204 g/mol. The van der Waals surface area contributed by atoms with Gasteiger partial charge < -0.3 is 10.1 Å². The molecule has 4 heteroatoms. The molecule has 1 fully saturated rings. The SMILES string of the molecule is O=C1OCCN1c1ccc2c(c1)CCN2. The summed E-state index contributed by atoms with van der Waals surface area (Å²) in [5, 5.41) is 3.29. The summed E-state index contributed by atoms with van der Waals surface area (Å²) >= 11 is 0. The summed E-state index contributed by atoms with van der Waals surface area (Å²) in [6, 6.07) is 6.06. The molecule has 2 aliphatic heterocycles. The van der Waals surface area contributed by atoms with Crippen LogP contribution in [0.2, 0.25) is 0 Å². The molecule has 4 nitrogen and oxygen atoms in total. The molecule has 2 aliphatic rings. The fraction of sp³-hybridized carbons (Fsp3) is 0.364. The topological polar surface area (TPSA) is 41.6 Å². The summed E-state index contributed by atoms with van der Waals surface area (Å²) in [5.74, 6) is 0. The van der Waals surface area contributed by atoms with Crippen LogP contribution in [0.5, 0.6) is 0 Å². The standard InChI is InChI=1S/C11H12N2O2/c14-11-13(5-6-15-11)9-1-2-10-8(7-9)3-4-12-10/h1-2,7,12H,3-6H2. The van der Waals surface area contributed by atoms with Crippen molar-refractivity contribution in [1.82, 2.24) is 0 Å². The van der Waals surface area contributed by atoms with Gasteiger partial charge in [-0.15, -0.1) is 0 Å². The summed E-state index contributed by atoms with van der Waals surface area (Å²) in [6.07, 6.45) is 0.799. The highest BCUT2D eigenvalue weighted by molar-refractivity contribution is 5.89. The van der Waals surface area contributed by atoms with Gasteiger partial charge in [-0.2, -0.15) is 0 Å². The Balaban J connectivity index is 1.95. The van der Waals surface area contributed by atoms with Gasteiger partial charge >= 0.3 is 6.09 Å². The number of carbonyl (C=O) groups is 1. The number of amides is 1. The van der Waals surface area contributed by atoms with E-state index < -0.39 is 0 Å². The van der Waals surface area contributed by atoms with Gasteiger partial charge in [0, 0.05) is 17.9 Å². The highest BCUT2D eigenvalue weighted by Crippen LogP contribution is 2.28. The molecule has 2 heterocycles. The van der Waals surface area contributed by atoms with Crippen molar-refractivity contribution >= 4 is 17.5 Å². The van der Waals surface area contributed by atoms with Crippen molar-refractivity contribution in [3.8, 4) is 0 Å². The van der Waals surface area contributed by atoms with Crippen LogP contribution in [0, 0.1) is 0 Å². The Morgan fingerprint density at radius 3 is 3.13 bits per heavy atom. The number of benzene rings is 1. The first-order valence-electron chi connectivity index (χ1n) is 5.16. The third-order valence-corrected chi connectivity index (χ3v) is 2.87. The van der Waals surface area contributed by atoms with Crippen LogP contribution in [0.15, 0.2) is 18.2 Å². The Labute approximate surface area is 87.8 Å². The molecule has 0 radical (unpaired) electrons. The van der Waals surface area contributed by atoms with Crippen LogP contribution in [0.4, 0.5) is 16.2 Å². The molecular weight excluding hydrogens is 192 g/mol. The molecule has 78 valence electrons. The Morgan fingerprint density at radius 1 is 1.40 bits per heavy atom. The molecule has 1 aromatic carbocycles. The summed E-state index contributed by atoms with van der Waals surface area (Å²) in [6.45, 7) is 2.14. The van der Waals surface area contributed by atoms with E-state index in [9.17, 15) is 4.79 Å². The fourth-order valence-corrected chi connectivity index (χ4v) is 2.09. The first-order chi connectivity index (χ1) is 7.34. The van der Waals surface area contributed by atoms with E-state index in [4.69, 9.17) is 4.74 Å². The number of rotatable bonds is 1. The number of carbonyl (C=O) groups excluding carboxylic acids is 1. The second-order valence-electron chi connectivity index (χ2n) is 3.78. The van der Waals surface area contributed by atoms with Crippen LogP contribution >= 0.6 is 0 Å². The van der Waals surface area contributed by atoms with Gasteiger partial charge in [0.25, 0.3) is 0 Å². The Kier molecular flexibility index (Phi) is 1.80. The van der Waals surface area contributed by atoms with Gasteiger partial charge in [-0.05, 0) is 30.2 Å². The lowest BCUT2D eigenvalue weighted by Crippen LogP contribution is -2.23. The zero-order chi connectivity index (χ0) is 10.3. The maximum absolute atomic E-state index is 11.4. The zero-order valence-corrected chi connectivity index (χ0v) is 8.32. The van der Waals surface area contributed by atoms with Gasteiger partial charge in [-0.3, -0.25) is 4.90 Å². The number of anilines is 2. The van der Waals surface area contributed by atoms with Crippen molar-refractivity contribution in [3.63, 3.8) is 0 Å². The van der Waals surface area contributed by atoms with Gasteiger partial charge in [-0.1, -0.05) is 0 Å². The maximum atomic E-state index is 11.4. The maximum Gasteiger partial charge on any atom is 0.414 e. The minimum Gasteiger partial charge on any atom is -0.447 e. The van der Waals surface area contributed by atoms with Gasteiger partial charge in [-0.25, -0.2) is 4.79 Å². The zero-order valence-electron chi connectivity index (χ0n) is 8.32. The fourth-order valence-electron chi connectivity index (χ4n) is 2.09. The second-order valence-corrected chi connectivity index (χ2v) is 3.78. The van der Waals surface area contributed by atoms with E-state index >= 15 is 0 Å². The number of ether oxygens (including phenoxy) is 1. The molecule has 0 atom stereocenters. The van der Waals surface area contributed by atoms with Crippen LogP contribution in [0.25, 0.3) is 0 Å². The number of nitrogens with zero attached hydrogens (tertiary/aromatic N) is 1. The Bertz CT molecular complexity index is 417. The third-order valence-electron chi connectivity index (χ3n) is 2.87. The van der Waals surface area contributed by atoms with Crippen LogP contribution < -0.4 is 10.2 Å². The van der Waals surface area contributed by atoms with Crippen LogP contribution in [0.3, 0.4) is 0 Å². The number of hydrogen-bond donors (Lipinski definition) is 1. The number of cyclic esters (lactones) is 1. The van der Waals surface area contributed by atoms with Crippen LogP contribution in [-0.2, 0) is 11.2 Å². The highest BCUT2D eigenvalue weighted by atomic mass is 16.6. The third kappa shape index (κ3) is 1.33. The lowest BCUT2D eigenvalue weighted by molar-refractivity contribution is 0.181. The molecule has 3 rings (SSSR count). The smallest absolute Gasteiger partial charge is 0.414 e. The van der Waals surface area contributed by atoms with Gasteiger partial charge in [0.2, 0.25) is 0 Å².